The minimum absolute atomic E-state index is 0.159. The third kappa shape index (κ3) is 4.04. The predicted molar refractivity (Wildman–Crippen MR) is 75.4 cm³/mol. The van der Waals surface area contributed by atoms with Gasteiger partial charge < -0.3 is 19.1 Å². The maximum Gasteiger partial charge on any atom is 0.223 e. The lowest BCUT2D eigenvalue weighted by atomic mass is 10.0. The van der Waals surface area contributed by atoms with E-state index in [1.807, 2.05) is 4.90 Å². The van der Waals surface area contributed by atoms with Crippen molar-refractivity contribution in [2.75, 3.05) is 41.0 Å². The van der Waals surface area contributed by atoms with Crippen molar-refractivity contribution in [3.05, 3.63) is 11.9 Å². The maximum absolute atomic E-state index is 11.9. The molecule has 0 aliphatic carbocycles. The van der Waals surface area contributed by atoms with E-state index in [1.165, 1.54) is 0 Å². The average molecular weight is 295 g/mol. The minimum atomic E-state index is 0.159. The van der Waals surface area contributed by atoms with Gasteiger partial charge in [0.15, 0.2) is 0 Å². The van der Waals surface area contributed by atoms with Crippen LogP contribution in [0.4, 0.5) is 0 Å². The van der Waals surface area contributed by atoms with Crippen molar-refractivity contribution in [2.24, 2.45) is 5.92 Å². The predicted octanol–water partition coefficient (Wildman–Crippen LogP) is 0.531. The van der Waals surface area contributed by atoms with Gasteiger partial charge in [-0.3, -0.25) is 4.79 Å². The van der Waals surface area contributed by atoms with Gasteiger partial charge in [0.05, 0.1) is 26.9 Å². The van der Waals surface area contributed by atoms with Crippen molar-refractivity contribution in [2.45, 2.75) is 12.8 Å². The van der Waals surface area contributed by atoms with Gasteiger partial charge in [-0.15, -0.1) is 0 Å². The van der Waals surface area contributed by atoms with E-state index in [0.717, 1.165) is 0 Å². The SMILES string of the molecule is COCCN1CC(Cc2nc(OC)cc(OC)n2)CC1=O. The average Bonchev–Trinajstić information content (AvgIpc) is 2.84. The van der Waals surface area contributed by atoms with E-state index < -0.39 is 0 Å². The molecule has 1 atom stereocenters. The number of likely N-dealkylation sites (tertiary alicyclic amines) is 1. The van der Waals surface area contributed by atoms with Crippen LogP contribution in [0.1, 0.15) is 12.2 Å². The summed E-state index contributed by atoms with van der Waals surface area (Å²) in [5.74, 6) is 1.95. The van der Waals surface area contributed by atoms with Gasteiger partial charge in [0, 0.05) is 33.0 Å². The van der Waals surface area contributed by atoms with E-state index in [1.54, 1.807) is 27.4 Å². The van der Waals surface area contributed by atoms with E-state index in [-0.39, 0.29) is 11.8 Å². The molecule has 2 rings (SSSR count). The molecule has 1 aliphatic heterocycles. The lowest BCUT2D eigenvalue weighted by Gasteiger charge is -2.15. The second-order valence-electron chi connectivity index (χ2n) is 4.98. The fourth-order valence-corrected chi connectivity index (χ4v) is 2.42. The maximum atomic E-state index is 11.9. The Labute approximate surface area is 124 Å². The molecule has 0 radical (unpaired) electrons. The summed E-state index contributed by atoms with van der Waals surface area (Å²) < 4.78 is 15.3. The topological polar surface area (TPSA) is 73.8 Å². The number of methoxy groups -OCH3 is 3. The molecule has 1 saturated heterocycles. The highest BCUT2D eigenvalue weighted by Crippen LogP contribution is 2.23. The highest BCUT2D eigenvalue weighted by atomic mass is 16.5. The number of amides is 1. The normalized spacial score (nSPS) is 18.1. The van der Waals surface area contributed by atoms with Gasteiger partial charge in [-0.1, -0.05) is 0 Å². The van der Waals surface area contributed by atoms with E-state index in [9.17, 15) is 4.79 Å². The smallest absolute Gasteiger partial charge is 0.223 e. The molecule has 1 aromatic rings. The monoisotopic (exact) mass is 295 g/mol. The third-order valence-corrected chi connectivity index (χ3v) is 3.47. The van der Waals surface area contributed by atoms with Gasteiger partial charge >= 0.3 is 0 Å². The summed E-state index contributed by atoms with van der Waals surface area (Å²) in [6.07, 6.45) is 1.15. The fourth-order valence-electron chi connectivity index (χ4n) is 2.42. The van der Waals surface area contributed by atoms with Crippen LogP contribution in [0, 0.1) is 5.92 Å². The van der Waals surface area contributed by atoms with Crippen LogP contribution in [0.15, 0.2) is 6.07 Å². The standard InChI is InChI=1S/C14H21N3O4/c1-19-5-4-17-9-10(7-14(17)18)6-11-15-12(20-2)8-13(16-11)21-3/h8,10H,4-7,9H2,1-3H3. The quantitative estimate of drug-likeness (QED) is 0.730. The number of aromatic nitrogens is 2. The third-order valence-electron chi connectivity index (χ3n) is 3.47. The van der Waals surface area contributed by atoms with Crippen molar-refractivity contribution in [1.82, 2.24) is 14.9 Å². The van der Waals surface area contributed by atoms with Crippen LogP contribution in [0.2, 0.25) is 0 Å². The van der Waals surface area contributed by atoms with Crippen molar-refractivity contribution in [3.63, 3.8) is 0 Å². The zero-order valence-electron chi connectivity index (χ0n) is 12.7. The molecule has 0 N–H and O–H groups in total. The Kier molecular flexibility index (Phi) is 5.32. The van der Waals surface area contributed by atoms with Crippen molar-refractivity contribution < 1.29 is 19.0 Å². The summed E-state index contributed by atoms with van der Waals surface area (Å²) in [5.41, 5.74) is 0. The lowest BCUT2D eigenvalue weighted by molar-refractivity contribution is -0.128. The minimum Gasteiger partial charge on any atom is -0.481 e. The Bertz CT molecular complexity index is 473. The summed E-state index contributed by atoms with van der Waals surface area (Å²) in [4.78, 5) is 22.3. The molecule has 0 aromatic carbocycles. The van der Waals surface area contributed by atoms with E-state index in [2.05, 4.69) is 9.97 Å². The molecule has 2 heterocycles. The van der Waals surface area contributed by atoms with Crippen LogP contribution < -0.4 is 9.47 Å². The van der Waals surface area contributed by atoms with Crippen molar-refractivity contribution in [1.29, 1.82) is 0 Å². The molecule has 1 amide bonds. The van der Waals surface area contributed by atoms with Crippen LogP contribution >= 0.6 is 0 Å². The first-order valence-corrected chi connectivity index (χ1v) is 6.89. The number of ether oxygens (including phenoxy) is 3. The van der Waals surface area contributed by atoms with Crippen LogP contribution in [0.3, 0.4) is 0 Å². The Hall–Kier alpha value is -1.89. The highest BCUT2D eigenvalue weighted by molar-refractivity contribution is 5.78. The molecule has 1 unspecified atom stereocenters. The van der Waals surface area contributed by atoms with E-state index in [0.29, 0.717) is 50.1 Å². The molecule has 21 heavy (non-hydrogen) atoms. The fraction of sp³-hybridized carbons (Fsp3) is 0.643. The second-order valence-corrected chi connectivity index (χ2v) is 4.98. The van der Waals surface area contributed by atoms with Crippen molar-refractivity contribution in [3.8, 4) is 11.8 Å². The first-order valence-electron chi connectivity index (χ1n) is 6.89. The summed E-state index contributed by atoms with van der Waals surface area (Å²) in [6.45, 7) is 1.90. The van der Waals surface area contributed by atoms with Gasteiger partial charge in [-0.05, 0) is 5.92 Å². The molecule has 0 saturated carbocycles. The van der Waals surface area contributed by atoms with E-state index in [4.69, 9.17) is 14.2 Å². The zero-order valence-corrected chi connectivity index (χ0v) is 12.7. The second kappa shape index (κ2) is 7.21. The largest absolute Gasteiger partial charge is 0.481 e. The van der Waals surface area contributed by atoms with Gasteiger partial charge in [-0.2, -0.15) is 9.97 Å². The highest BCUT2D eigenvalue weighted by Gasteiger charge is 2.30. The summed E-state index contributed by atoms with van der Waals surface area (Å²) in [7, 11) is 4.74. The Morgan fingerprint density at radius 1 is 1.24 bits per heavy atom. The Morgan fingerprint density at radius 3 is 2.48 bits per heavy atom. The number of hydrogen-bond acceptors (Lipinski definition) is 6. The first kappa shape index (κ1) is 15.5. The Morgan fingerprint density at radius 2 is 1.90 bits per heavy atom. The van der Waals surface area contributed by atoms with Crippen LogP contribution in [0.5, 0.6) is 11.8 Å². The molecule has 7 heteroatoms. The lowest BCUT2D eigenvalue weighted by Crippen LogP contribution is -2.29. The molecule has 0 spiro atoms. The number of carbonyl (C=O) groups is 1. The van der Waals surface area contributed by atoms with Gasteiger partial charge in [0.1, 0.15) is 5.82 Å². The van der Waals surface area contributed by atoms with Crippen LogP contribution in [-0.2, 0) is 16.0 Å². The van der Waals surface area contributed by atoms with Crippen molar-refractivity contribution >= 4 is 5.91 Å². The first-order chi connectivity index (χ1) is 10.2. The van der Waals surface area contributed by atoms with Gasteiger partial charge in [0.2, 0.25) is 17.7 Å². The van der Waals surface area contributed by atoms with Crippen LogP contribution in [-0.4, -0.2) is 61.8 Å². The molecular formula is C14H21N3O4. The number of rotatable bonds is 7. The summed E-state index contributed by atoms with van der Waals surface area (Å²) >= 11 is 0. The molecule has 1 aromatic heterocycles. The Balaban J connectivity index is 2.00. The molecule has 116 valence electrons. The van der Waals surface area contributed by atoms with Crippen LogP contribution in [0.25, 0.3) is 0 Å². The number of nitrogens with zero attached hydrogens (tertiary/aromatic N) is 3. The molecule has 0 bridgehead atoms. The summed E-state index contributed by atoms with van der Waals surface area (Å²) in [6, 6.07) is 1.63. The molecule has 7 nitrogen and oxygen atoms in total. The molecular weight excluding hydrogens is 274 g/mol. The number of hydrogen-bond donors (Lipinski definition) is 0. The number of carbonyl (C=O) groups excluding carboxylic acids is 1. The van der Waals surface area contributed by atoms with Gasteiger partial charge in [0.25, 0.3) is 0 Å². The van der Waals surface area contributed by atoms with Gasteiger partial charge in [-0.25, -0.2) is 0 Å². The summed E-state index contributed by atoms with van der Waals surface area (Å²) in [5, 5.41) is 0. The molecule has 1 aliphatic rings. The molecule has 1 fully saturated rings. The zero-order chi connectivity index (χ0) is 15.2. The van der Waals surface area contributed by atoms with E-state index >= 15 is 0 Å².